The van der Waals surface area contributed by atoms with Gasteiger partial charge in [0, 0.05) is 31.3 Å². The van der Waals surface area contributed by atoms with Crippen molar-refractivity contribution in [3.63, 3.8) is 0 Å². The van der Waals surface area contributed by atoms with Crippen molar-refractivity contribution >= 4 is 35.8 Å². The van der Waals surface area contributed by atoms with Crippen LogP contribution >= 0.6 is 24.2 Å². The van der Waals surface area contributed by atoms with Gasteiger partial charge < -0.3 is 15.6 Å². The number of nitrogens with two attached hydrogens (primary N) is 1. The van der Waals surface area contributed by atoms with Gasteiger partial charge in [-0.1, -0.05) is 19.8 Å². The molecule has 27 heavy (non-hydrogen) atoms. The van der Waals surface area contributed by atoms with Crippen LogP contribution in [0.25, 0.3) is 0 Å². The number of carbonyl (C=O) groups is 1. The summed E-state index contributed by atoms with van der Waals surface area (Å²) in [6.45, 7) is 2.39. The average molecular weight is 415 g/mol. The van der Waals surface area contributed by atoms with E-state index in [1.54, 1.807) is 23.7 Å². The predicted octanol–water partition coefficient (Wildman–Crippen LogP) is 2.54. The molecule has 9 nitrogen and oxygen atoms in total. The molecule has 1 aromatic heterocycles. The molecule has 1 unspecified atom stereocenters. The van der Waals surface area contributed by atoms with Gasteiger partial charge in [-0.05, 0) is 30.3 Å². The van der Waals surface area contributed by atoms with Crippen molar-refractivity contribution in [2.75, 3.05) is 6.54 Å². The van der Waals surface area contributed by atoms with E-state index < -0.39 is 4.92 Å². The Morgan fingerprint density at radius 1 is 1.48 bits per heavy atom. The average Bonchev–Trinajstić information content (AvgIpc) is 3.03. The van der Waals surface area contributed by atoms with E-state index in [2.05, 4.69) is 22.4 Å². The summed E-state index contributed by atoms with van der Waals surface area (Å²) < 4.78 is 1.66. The molecular weight excluding hydrogens is 392 g/mol. The van der Waals surface area contributed by atoms with E-state index in [0.717, 1.165) is 31.0 Å². The summed E-state index contributed by atoms with van der Waals surface area (Å²) in [7, 11) is 1.75. The third-order valence-electron chi connectivity index (χ3n) is 3.81. The Morgan fingerprint density at radius 2 is 2.22 bits per heavy atom. The number of benzene rings is 1. The van der Waals surface area contributed by atoms with Gasteiger partial charge in [0.1, 0.15) is 6.33 Å². The summed E-state index contributed by atoms with van der Waals surface area (Å²) in [5.41, 5.74) is 5.77. The number of nitrogens with zero attached hydrogens (tertiary/aromatic N) is 4. The van der Waals surface area contributed by atoms with Crippen LogP contribution in [0.15, 0.2) is 34.6 Å². The lowest BCUT2D eigenvalue weighted by atomic mass is 10.1. The Bertz CT molecular complexity index is 785. The van der Waals surface area contributed by atoms with Crippen LogP contribution in [0.4, 0.5) is 5.69 Å². The molecule has 0 saturated heterocycles. The third kappa shape index (κ3) is 6.19. The smallest absolute Gasteiger partial charge is 0.284 e. The molecule has 2 rings (SSSR count). The number of hydrogen-bond donors (Lipinski definition) is 2. The molecule has 0 fully saturated rings. The first-order valence-corrected chi connectivity index (χ1v) is 9.09. The SMILES string of the molecule is CCCCC(CN)NC(=O)c1ccc(Sc2nncn2C)c([N+](=O)[O-])c1.Cl. The molecule has 1 atom stereocenters. The van der Waals surface area contributed by atoms with Crippen molar-refractivity contribution in [3.05, 3.63) is 40.2 Å². The molecule has 2 aromatic rings. The van der Waals surface area contributed by atoms with Crippen LogP contribution in [0.2, 0.25) is 0 Å². The van der Waals surface area contributed by atoms with E-state index in [-0.39, 0.29) is 35.6 Å². The van der Waals surface area contributed by atoms with E-state index in [1.165, 1.54) is 12.4 Å². The third-order valence-corrected chi connectivity index (χ3v) is 4.93. The summed E-state index contributed by atoms with van der Waals surface area (Å²) in [5, 5.41) is 22.4. The highest BCUT2D eigenvalue weighted by molar-refractivity contribution is 7.99. The minimum atomic E-state index is -0.507. The Kier molecular flexibility index (Phi) is 9.19. The van der Waals surface area contributed by atoms with Crippen molar-refractivity contribution in [1.82, 2.24) is 20.1 Å². The lowest BCUT2D eigenvalue weighted by Crippen LogP contribution is -2.40. The van der Waals surface area contributed by atoms with Gasteiger partial charge in [0.15, 0.2) is 5.16 Å². The van der Waals surface area contributed by atoms with Gasteiger partial charge in [-0.3, -0.25) is 14.9 Å². The quantitative estimate of drug-likeness (QED) is 0.476. The van der Waals surface area contributed by atoms with E-state index in [1.807, 2.05) is 0 Å². The molecule has 3 N–H and O–H groups in total. The van der Waals surface area contributed by atoms with Crippen LogP contribution in [-0.2, 0) is 7.05 Å². The summed E-state index contributed by atoms with van der Waals surface area (Å²) in [5.74, 6) is -0.366. The van der Waals surface area contributed by atoms with Gasteiger partial charge in [-0.2, -0.15) is 0 Å². The maximum atomic E-state index is 12.4. The number of unbranched alkanes of at least 4 members (excludes halogenated alkanes) is 1. The zero-order valence-electron chi connectivity index (χ0n) is 15.1. The Morgan fingerprint density at radius 3 is 2.78 bits per heavy atom. The van der Waals surface area contributed by atoms with Gasteiger partial charge in [0.2, 0.25) is 0 Å². The molecule has 1 aromatic carbocycles. The maximum Gasteiger partial charge on any atom is 0.284 e. The van der Waals surface area contributed by atoms with Crippen molar-refractivity contribution in [1.29, 1.82) is 0 Å². The lowest BCUT2D eigenvalue weighted by molar-refractivity contribution is -0.387. The highest BCUT2D eigenvalue weighted by atomic mass is 35.5. The van der Waals surface area contributed by atoms with Crippen molar-refractivity contribution in [2.24, 2.45) is 12.8 Å². The number of nitro groups is 1. The normalized spacial score (nSPS) is 11.5. The number of amides is 1. The fraction of sp³-hybridized carbons (Fsp3) is 0.438. The topological polar surface area (TPSA) is 129 Å². The van der Waals surface area contributed by atoms with Crippen LogP contribution < -0.4 is 11.1 Å². The van der Waals surface area contributed by atoms with Crippen LogP contribution in [0.5, 0.6) is 0 Å². The standard InChI is InChI=1S/C16H22N6O3S.ClH/c1-3-4-5-12(9-17)19-15(23)11-6-7-14(13(8-11)22(24)25)26-16-20-18-10-21(16)2;/h6-8,10,12H,3-5,9,17H2,1-2H3,(H,19,23);1H. The Hall–Kier alpha value is -2.17. The second-order valence-electron chi connectivity index (χ2n) is 5.81. The molecule has 1 amide bonds. The van der Waals surface area contributed by atoms with Crippen LogP contribution in [0.3, 0.4) is 0 Å². The summed E-state index contributed by atoms with van der Waals surface area (Å²) in [4.78, 5) is 23.7. The second kappa shape index (κ2) is 10.9. The molecule has 1 heterocycles. The summed E-state index contributed by atoms with van der Waals surface area (Å²) >= 11 is 1.12. The van der Waals surface area contributed by atoms with Gasteiger partial charge in [-0.15, -0.1) is 22.6 Å². The number of carbonyl (C=O) groups excluding carboxylic acids is 1. The number of aromatic nitrogens is 3. The number of nitrogens with one attached hydrogen (secondary N) is 1. The second-order valence-corrected chi connectivity index (χ2v) is 6.82. The molecule has 0 spiro atoms. The maximum absolute atomic E-state index is 12.4. The molecule has 0 saturated carbocycles. The fourth-order valence-corrected chi connectivity index (χ4v) is 3.17. The molecule has 11 heteroatoms. The van der Waals surface area contributed by atoms with E-state index in [9.17, 15) is 14.9 Å². The first-order chi connectivity index (χ1) is 12.5. The summed E-state index contributed by atoms with van der Waals surface area (Å²) in [6, 6.07) is 4.25. The van der Waals surface area contributed by atoms with Crippen LogP contribution in [0.1, 0.15) is 36.5 Å². The van der Waals surface area contributed by atoms with Crippen molar-refractivity contribution in [2.45, 2.75) is 42.3 Å². The molecule has 0 bridgehead atoms. The van der Waals surface area contributed by atoms with Gasteiger partial charge >= 0.3 is 0 Å². The predicted molar refractivity (Wildman–Crippen MR) is 105 cm³/mol. The monoisotopic (exact) mass is 414 g/mol. The molecule has 0 aliphatic carbocycles. The molecule has 0 aliphatic rings. The Labute approximate surface area is 167 Å². The van der Waals surface area contributed by atoms with E-state index in [4.69, 9.17) is 5.73 Å². The largest absolute Gasteiger partial charge is 0.348 e. The van der Waals surface area contributed by atoms with Crippen molar-refractivity contribution in [3.8, 4) is 0 Å². The van der Waals surface area contributed by atoms with Gasteiger partial charge in [-0.25, -0.2) is 0 Å². The van der Waals surface area contributed by atoms with Gasteiger partial charge in [0.25, 0.3) is 11.6 Å². The zero-order valence-corrected chi connectivity index (χ0v) is 16.8. The number of nitro benzene ring substituents is 1. The molecule has 148 valence electrons. The lowest BCUT2D eigenvalue weighted by Gasteiger charge is -2.16. The summed E-state index contributed by atoms with van der Waals surface area (Å²) in [6.07, 6.45) is 4.25. The first kappa shape index (κ1) is 22.9. The minimum Gasteiger partial charge on any atom is -0.348 e. The number of hydrogen-bond acceptors (Lipinski definition) is 7. The Balaban J connectivity index is 0.00000364. The van der Waals surface area contributed by atoms with Crippen LogP contribution in [0, 0.1) is 10.1 Å². The van der Waals surface area contributed by atoms with E-state index in [0.29, 0.717) is 16.6 Å². The number of halogens is 1. The highest BCUT2D eigenvalue weighted by Crippen LogP contribution is 2.34. The van der Waals surface area contributed by atoms with Gasteiger partial charge in [0.05, 0.1) is 9.82 Å². The molecule has 0 radical (unpaired) electrons. The minimum absolute atomic E-state index is 0. The van der Waals surface area contributed by atoms with Crippen molar-refractivity contribution < 1.29 is 9.72 Å². The number of rotatable bonds is 9. The van der Waals surface area contributed by atoms with Crippen LogP contribution in [-0.4, -0.2) is 38.2 Å². The molecular formula is C16H23ClN6O3S. The first-order valence-electron chi connectivity index (χ1n) is 8.27. The highest BCUT2D eigenvalue weighted by Gasteiger charge is 2.21. The van der Waals surface area contributed by atoms with E-state index >= 15 is 0 Å². The fourth-order valence-electron chi connectivity index (χ4n) is 2.32. The zero-order chi connectivity index (χ0) is 19.1. The molecule has 0 aliphatic heterocycles. The number of aryl methyl sites for hydroxylation is 1.